The predicted molar refractivity (Wildman–Crippen MR) is 365 cm³/mol. The van der Waals surface area contributed by atoms with Crippen LogP contribution in [0.3, 0.4) is 0 Å². The molecule has 434 valence electrons. The number of fused-ring (bicyclic) bond motifs is 11. The highest BCUT2D eigenvalue weighted by Crippen LogP contribution is 2.69. The highest BCUT2D eigenvalue weighted by Gasteiger charge is 2.53. The van der Waals surface area contributed by atoms with E-state index >= 15 is 0 Å². The van der Waals surface area contributed by atoms with E-state index < -0.39 is 10.8 Å². The Hall–Kier alpha value is -4.76. The van der Waals surface area contributed by atoms with Gasteiger partial charge < -0.3 is 0 Å². The van der Waals surface area contributed by atoms with Gasteiger partial charge in [0.05, 0.1) is 58.9 Å². The second-order valence-corrected chi connectivity index (χ2v) is 29.6. The predicted octanol–water partition coefficient (Wildman–Crippen LogP) is 24.3. The van der Waals surface area contributed by atoms with E-state index in [2.05, 4.69) is 137 Å². The Bertz CT molecular complexity index is 3200. The van der Waals surface area contributed by atoms with Gasteiger partial charge in [0.15, 0.2) is 12.6 Å². The van der Waals surface area contributed by atoms with Gasteiger partial charge in [-0.2, -0.15) is 0 Å². The molecule has 0 spiro atoms. The summed E-state index contributed by atoms with van der Waals surface area (Å²) in [4.78, 5) is 32.6. The molecule has 5 heterocycles. The highest BCUT2D eigenvalue weighted by atomic mass is 32.1. The van der Waals surface area contributed by atoms with Gasteiger partial charge in [-0.25, -0.2) is 0 Å². The largest absolute Gasteiger partial charge is 0.297 e. The molecule has 0 N–H and O–H groups in total. The molecular weight excluding hydrogens is 1110 g/mol. The van der Waals surface area contributed by atoms with Crippen LogP contribution < -0.4 is 0 Å². The van der Waals surface area contributed by atoms with Crippen molar-refractivity contribution >= 4 is 88.1 Å². The molecule has 83 heavy (non-hydrogen) atoms. The third-order valence-corrected chi connectivity index (χ3v) is 25.1. The molecule has 0 unspecified atom stereocenters. The first kappa shape index (κ1) is 59.9. The van der Waals surface area contributed by atoms with Gasteiger partial charge in [-0.15, -0.1) is 56.7 Å². The first-order valence-electron chi connectivity index (χ1n) is 32.5. The van der Waals surface area contributed by atoms with Gasteiger partial charge in [0.1, 0.15) is 0 Å². The Kier molecular flexibility index (Phi) is 20.3. The van der Waals surface area contributed by atoms with Gasteiger partial charge in [0, 0.05) is 11.1 Å². The maximum atomic E-state index is 13.0. The lowest BCUT2D eigenvalue weighted by Crippen LogP contribution is -2.28. The first-order valence-corrected chi connectivity index (χ1v) is 36.6. The van der Waals surface area contributed by atoms with Crippen molar-refractivity contribution in [2.75, 3.05) is 0 Å². The zero-order valence-electron chi connectivity index (χ0n) is 50.2. The SMILES string of the molecule is CCCCCCCCc1ccc(C2(c3ccc(CCCCCCCC)cc3)c3cc(C=O)sc3-c3sc4c(sc5c6c(sc54)-c4sc(C=O)cc4C6(c4ccc(CCCCCCCC)cc4)c4ccc(CCCCCCCC)cc4)c32)cc1. The summed E-state index contributed by atoms with van der Waals surface area (Å²) < 4.78 is 5.46. The van der Waals surface area contributed by atoms with E-state index in [0.29, 0.717) is 0 Å². The fraction of sp³-hybridized carbons (Fsp3) is 0.447. The quantitative estimate of drug-likeness (QED) is 0.0298. The number of hydrogen-bond donors (Lipinski definition) is 0. The molecule has 11 rings (SSSR count). The summed E-state index contributed by atoms with van der Waals surface area (Å²) >= 11 is 9.29. The van der Waals surface area contributed by atoms with Crippen LogP contribution in [0, 0.1) is 0 Å². The number of aldehydes is 2. The minimum atomic E-state index is -0.611. The maximum Gasteiger partial charge on any atom is 0.160 e. The lowest BCUT2D eigenvalue weighted by atomic mass is 9.68. The molecule has 5 aromatic heterocycles. The summed E-state index contributed by atoms with van der Waals surface area (Å²) in [6.45, 7) is 9.18. The molecule has 2 aliphatic carbocycles. The van der Waals surface area contributed by atoms with Gasteiger partial charge in [-0.05, 0) is 119 Å². The Morgan fingerprint density at radius 3 is 0.831 bits per heavy atom. The van der Waals surface area contributed by atoms with Crippen LogP contribution in [0.1, 0.15) is 268 Å². The number of hydrogen-bond acceptors (Lipinski definition) is 7. The number of aryl methyl sites for hydroxylation is 4. The lowest BCUT2D eigenvalue weighted by Gasteiger charge is -2.33. The van der Waals surface area contributed by atoms with Crippen LogP contribution in [-0.4, -0.2) is 12.6 Å². The number of thiophene rings is 5. The van der Waals surface area contributed by atoms with Crippen molar-refractivity contribution in [1.29, 1.82) is 0 Å². The van der Waals surface area contributed by atoms with Gasteiger partial charge in [-0.3, -0.25) is 9.59 Å². The molecule has 2 nitrogen and oxygen atoms in total. The molecule has 7 heteroatoms. The van der Waals surface area contributed by atoms with E-state index in [9.17, 15) is 9.59 Å². The van der Waals surface area contributed by atoms with Crippen LogP contribution in [0.25, 0.3) is 38.3 Å². The van der Waals surface area contributed by atoms with E-state index in [1.807, 2.05) is 34.0 Å². The van der Waals surface area contributed by atoms with Crippen LogP contribution >= 0.6 is 56.7 Å². The van der Waals surface area contributed by atoms with Crippen LogP contribution in [0.5, 0.6) is 0 Å². The Morgan fingerprint density at radius 2 is 0.566 bits per heavy atom. The first-order chi connectivity index (χ1) is 40.9. The van der Waals surface area contributed by atoms with Gasteiger partial charge in [0.2, 0.25) is 0 Å². The normalized spacial score (nSPS) is 13.7. The summed E-state index contributed by atoms with van der Waals surface area (Å²) in [6.07, 6.45) is 37.5. The van der Waals surface area contributed by atoms with Crippen LogP contribution in [-0.2, 0) is 36.5 Å². The number of unbranched alkanes of at least 4 members (excludes halogenated alkanes) is 20. The van der Waals surface area contributed by atoms with Crippen molar-refractivity contribution in [2.24, 2.45) is 0 Å². The van der Waals surface area contributed by atoms with Crippen molar-refractivity contribution in [2.45, 2.75) is 218 Å². The molecular formula is C76H88O2S5. The van der Waals surface area contributed by atoms with Gasteiger partial charge in [0.25, 0.3) is 0 Å². The fourth-order valence-electron chi connectivity index (χ4n) is 14.2. The van der Waals surface area contributed by atoms with Crippen LogP contribution in [0.15, 0.2) is 109 Å². The second-order valence-electron chi connectivity index (χ2n) is 24.4. The Labute approximate surface area is 517 Å². The average molecular weight is 1190 g/mol. The molecule has 0 aliphatic heterocycles. The highest BCUT2D eigenvalue weighted by molar-refractivity contribution is 7.41. The zero-order chi connectivity index (χ0) is 57.2. The van der Waals surface area contributed by atoms with Gasteiger partial charge in [-0.1, -0.05) is 253 Å². The summed E-state index contributed by atoms with van der Waals surface area (Å²) in [5.41, 5.74) is 14.8. The van der Waals surface area contributed by atoms with E-state index in [4.69, 9.17) is 0 Å². The molecule has 0 radical (unpaired) electrons. The molecule has 0 atom stereocenters. The van der Waals surface area contributed by atoms with E-state index in [1.165, 1.54) is 259 Å². The molecule has 0 saturated heterocycles. The van der Waals surface area contributed by atoms with Crippen molar-refractivity contribution in [1.82, 2.24) is 0 Å². The summed E-state index contributed by atoms with van der Waals surface area (Å²) in [6, 6.07) is 43.4. The standard InChI is InChI=1S/C76H88O2S5/c1-5-9-13-17-21-25-29-53-33-41-57(42-34-53)75(58-43-35-54(36-44-58)30-26-22-18-14-10-6-2)63-49-61(51-77)79-67(63)69-65(75)71-73(82-69)74-72(81-71)66-70(83-74)68-64(50-62(52-78)80-68)76(66,59-45-37-55(38-46-59)31-27-23-19-15-11-7-3)60-47-39-56(40-48-60)32-28-24-20-16-12-8-4/h33-52H,5-32H2,1-4H3. The third kappa shape index (κ3) is 12.0. The number of rotatable bonds is 34. The maximum absolute atomic E-state index is 13.0. The summed E-state index contributed by atoms with van der Waals surface area (Å²) in [5.74, 6) is 0. The minimum Gasteiger partial charge on any atom is -0.297 e. The zero-order valence-corrected chi connectivity index (χ0v) is 54.3. The van der Waals surface area contributed by atoms with Gasteiger partial charge >= 0.3 is 0 Å². The number of benzene rings is 4. The summed E-state index contributed by atoms with van der Waals surface area (Å²) in [5, 5.41) is 0. The number of carbonyl (C=O) groups is 2. The van der Waals surface area contributed by atoms with Crippen molar-refractivity contribution in [3.8, 4) is 19.5 Å². The van der Waals surface area contributed by atoms with E-state index in [-0.39, 0.29) is 0 Å². The molecule has 4 aromatic carbocycles. The third-order valence-electron chi connectivity index (χ3n) is 18.7. The van der Waals surface area contributed by atoms with Crippen LogP contribution in [0.2, 0.25) is 0 Å². The number of carbonyl (C=O) groups excluding carboxylic acids is 2. The van der Waals surface area contributed by atoms with Crippen LogP contribution in [0.4, 0.5) is 0 Å². The summed E-state index contributed by atoms with van der Waals surface area (Å²) in [7, 11) is 0. The molecule has 0 bridgehead atoms. The monoisotopic (exact) mass is 1190 g/mol. The minimum absolute atomic E-state index is 0.611. The fourth-order valence-corrected chi connectivity index (χ4v) is 21.3. The van der Waals surface area contributed by atoms with E-state index in [0.717, 1.165) is 48.0 Å². The smallest absolute Gasteiger partial charge is 0.160 e. The molecule has 0 fully saturated rings. The Morgan fingerprint density at radius 1 is 0.301 bits per heavy atom. The topological polar surface area (TPSA) is 34.1 Å². The molecule has 0 amide bonds. The Balaban J connectivity index is 1.07. The second kappa shape index (κ2) is 28.2. The molecule has 0 saturated carbocycles. The molecule has 2 aliphatic rings. The molecule has 9 aromatic rings. The van der Waals surface area contributed by atoms with Crippen molar-refractivity contribution in [3.05, 3.63) is 186 Å². The van der Waals surface area contributed by atoms with Crippen molar-refractivity contribution in [3.63, 3.8) is 0 Å². The average Bonchev–Trinajstić information content (AvgIpc) is 1.57. The van der Waals surface area contributed by atoms with Crippen molar-refractivity contribution < 1.29 is 9.59 Å². The lowest BCUT2D eigenvalue weighted by molar-refractivity contribution is 0.111. The van der Waals surface area contributed by atoms with E-state index in [1.54, 1.807) is 22.7 Å².